The van der Waals surface area contributed by atoms with Crippen molar-refractivity contribution < 1.29 is 0 Å². The van der Waals surface area contributed by atoms with Crippen LogP contribution in [0.25, 0.3) is 0 Å². The zero-order valence-corrected chi connectivity index (χ0v) is 15.0. The van der Waals surface area contributed by atoms with E-state index in [-0.39, 0.29) is 0 Å². The monoisotopic (exact) mass is 321 g/mol. The lowest BCUT2D eigenvalue weighted by molar-refractivity contribution is 0.609. The summed E-state index contributed by atoms with van der Waals surface area (Å²) in [7, 11) is 0. The SMILES string of the molecule is CCCCCCN(CCCCCC)c1cccc2c1NSN2. The molecule has 4 heteroatoms. The number of hydrogen-bond donors (Lipinski definition) is 2. The van der Waals surface area contributed by atoms with Crippen molar-refractivity contribution in [1.29, 1.82) is 0 Å². The molecule has 0 radical (unpaired) electrons. The molecule has 0 spiro atoms. The average Bonchev–Trinajstić information content (AvgIpc) is 3.02. The first-order valence-electron chi connectivity index (χ1n) is 8.92. The normalized spacial score (nSPS) is 12.6. The molecule has 0 unspecified atom stereocenters. The van der Waals surface area contributed by atoms with Crippen LogP contribution in [-0.4, -0.2) is 13.1 Å². The number of fused-ring (bicyclic) bond motifs is 1. The van der Waals surface area contributed by atoms with E-state index in [0.717, 1.165) is 0 Å². The Morgan fingerprint density at radius 1 is 0.864 bits per heavy atom. The summed E-state index contributed by atoms with van der Waals surface area (Å²) < 4.78 is 6.74. The van der Waals surface area contributed by atoms with E-state index in [1.54, 1.807) is 12.1 Å². The second-order valence-corrected chi connectivity index (χ2v) is 6.73. The Bertz CT molecular complexity index is 424. The molecule has 0 saturated carbocycles. The van der Waals surface area contributed by atoms with Crippen molar-refractivity contribution in [3.8, 4) is 0 Å². The Morgan fingerprint density at radius 2 is 1.55 bits per heavy atom. The van der Waals surface area contributed by atoms with Gasteiger partial charge in [-0.05, 0) is 25.0 Å². The zero-order valence-electron chi connectivity index (χ0n) is 14.2. The Kier molecular flexibility index (Phi) is 7.78. The summed E-state index contributed by atoms with van der Waals surface area (Å²) in [5.41, 5.74) is 3.84. The Labute approximate surface area is 140 Å². The molecular formula is C18H31N3S. The third-order valence-corrected chi connectivity index (χ3v) is 4.89. The molecular weight excluding hydrogens is 290 g/mol. The highest BCUT2D eigenvalue weighted by Gasteiger charge is 2.18. The van der Waals surface area contributed by atoms with Gasteiger partial charge in [0.1, 0.15) is 0 Å². The third-order valence-electron chi connectivity index (χ3n) is 4.26. The molecule has 2 N–H and O–H groups in total. The molecule has 1 heterocycles. The molecule has 3 nitrogen and oxygen atoms in total. The maximum atomic E-state index is 3.42. The van der Waals surface area contributed by atoms with Gasteiger partial charge in [0, 0.05) is 13.1 Å². The van der Waals surface area contributed by atoms with Crippen LogP contribution in [0.15, 0.2) is 18.2 Å². The summed E-state index contributed by atoms with van der Waals surface area (Å²) in [6.07, 6.45) is 10.6. The van der Waals surface area contributed by atoms with Crippen LogP contribution >= 0.6 is 12.1 Å². The molecule has 1 aliphatic rings. The van der Waals surface area contributed by atoms with Gasteiger partial charge < -0.3 is 14.3 Å². The van der Waals surface area contributed by atoms with Crippen LogP contribution in [0.4, 0.5) is 17.1 Å². The van der Waals surface area contributed by atoms with Crippen LogP contribution < -0.4 is 14.3 Å². The second kappa shape index (κ2) is 9.88. The fourth-order valence-electron chi connectivity index (χ4n) is 2.94. The minimum atomic E-state index is 1.18. The minimum Gasteiger partial charge on any atom is -0.370 e. The molecule has 0 aromatic heterocycles. The minimum absolute atomic E-state index is 1.18. The van der Waals surface area contributed by atoms with E-state index >= 15 is 0 Å². The molecule has 0 atom stereocenters. The van der Waals surface area contributed by atoms with E-state index in [9.17, 15) is 0 Å². The number of nitrogens with one attached hydrogen (secondary N) is 2. The first-order valence-corrected chi connectivity index (χ1v) is 9.74. The first-order chi connectivity index (χ1) is 10.9. The van der Waals surface area contributed by atoms with Gasteiger partial charge in [-0.25, -0.2) is 0 Å². The van der Waals surface area contributed by atoms with Crippen LogP contribution in [0, 0.1) is 0 Å². The molecule has 0 saturated heterocycles. The van der Waals surface area contributed by atoms with E-state index < -0.39 is 0 Å². The van der Waals surface area contributed by atoms with Crippen LogP contribution in [0.1, 0.15) is 65.2 Å². The number of benzene rings is 1. The van der Waals surface area contributed by atoms with E-state index in [4.69, 9.17) is 0 Å². The summed E-state index contributed by atoms with van der Waals surface area (Å²) in [5.74, 6) is 0. The molecule has 0 aliphatic carbocycles. The maximum Gasteiger partial charge on any atom is 0.0934 e. The number of anilines is 3. The summed E-state index contributed by atoms with van der Waals surface area (Å²) in [6, 6.07) is 6.58. The predicted molar refractivity (Wildman–Crippen MR) is 102 cm³/mol. The van der Waals surface area contributed by atoms with Crippen LogP contribution in [-0.2, 0) is 0 Å². The van der Waals surface area contributed by atoms with E-state index in [2.05, 4.69) is 46.4 Å². The average molecular weight is 322 g/mol. The molecule has 0 amide bonds. The van der Waals surface area contributed by atoms with Crippen molar-refractivity contribution in [3.63, 3.8) is 0 Å². The molecule has 22 heavy (non-hydrogen) atoms. The van der Waals surface area contributed by atoms with Gasteiger partial charge in [0.15, 0.2) is 0 Å². The van der Waals surface area contributed by atoms with Crippen LogP contribution in [0.2, 0.25) is 0 Å². The standard InChI is InChI=1S/C18H31N3S/c1-3-5-7-9-14-21(15-10-8-6-4-2)17-13-11-12-16-18(17)20-22-19-16/h11-13,19-20H,3-10,14-15H2,1-2H3. The van der Waals surface area contributed by atoms with Gasteiger partial charge in [-0.2, -0.15) is 0 Å². The molecule has 124 valence electrons. The first kappa shape index (κ1) is 17.3. The van der Waals surface area contributed by atoms with Crippen molar-refractivity contribution in [2.24, 2.45) is 0 Å². The highest BCUT2D eigenvalue weighted by Crippen LogP contribution is 2.40. The Hall–Kier alpha value is -1.03. The molecule has 1 aromatic carbocycles. The van der Waals surface area contributed by atoms with Gasteiger partial charge in [-0.1, -0.05) is 58.4 Å². The van der Waals surface area contributed by atoms with Gasteiger partial charge in [0.2, 0.25) is 0 Å². The molecule has 2 rings (SSSR count). The van der Waals surface area contributed by atoms with Crippen molar-refractivity contribution in [1.82, 2.24) is 0 Å². The quantitative estimate of drug-likeness (QED) is 0.383. The molecule has 0 fully saturated rings. The largest absolute Gasteiger partial charge is 0.370 e. The zero-order chi connectivity index (χ0) is 15.6. The van der Waals surface area contributed by atoms with Crippen molar-refractivity contribution in [2.75, 3.05) is 27.4 Å². The fraction of sp³-hybridized carbons (Fsp3) is 0.667. The van der Waals surface area contributed by atoms with Crippen LogP contribution in [0.5, 0.6) is 0 Å². The topological polar surface area (TPSA) is 27.3 Å². The Balaban J connectivity index is 1.98. The molecule has 1 aliphatic heterocycles. The predicted octanol–water partition coefficient (Wildman–Crippen LogP) is 6.05. The summed E-state index contributed by atoms with van der Waals surface area (Å²) in [4.78, 5) is 2.59. The second-order valence-electron chi connectivity index (χ2n) is 6.11. The lowest BCUT2D eigenvalue weighted by Gasteiger charge is -2.26. The van der Waals surface area contributed by atoms with Crippen molar-refractivity contribution >= 4 is 29.2 Å². The van der Waals surface area contributed by atoms with E-state index in [1.807, 2.05) is 0 Å². The highest BCUT2D eigenvalue weighted by atomic mass is 32.2. The smallest absolute Gasteiger partial charge is 0.0934 e. The van der Waals surface area contributed by atoms with E-state index in [1.165, 1.54) is 81.5 Å². The van der Waals surface area contributed by atoms with Crippen molar-refractivity contribution in [3.05, 3.63) is 18.2 Å². The lowest BCUT2D eigenvalue weighted by atomic mass is 10.1. The number of unbranched alkanes of at least 4 members (excludes halogenated alkanes) is 6. The number of para-hydroxylation sites is 1. The van der Waals surface area contributed by atoms with E-state index in [0.29, 0.717) is 0 Å². The summed E-state index contributed by atoms with van der Waals surface area (Å²) >= 11 is 1.57. The highest BCUT2D eigenvalue weighted by molar-refractivity contribution is 8.02. The van der Waals surface area contributed by atoms with Crippen LogP contribution in [0.3, 0.4) is 0 Å². The number of rotatable bonds is 11. The Morgan fingerprint density at radius 3 is 2.18 bits per heavy atom. The maximum absolute atomic E-state index is 3.42. The van der Waals surface area contributed by atoms with Gasteiger partial charge in [-0.3, -0.25) is 0 Å². The molecule has 0 bridgehead atoms. The number of hydrogen-bond acceptors (Lipinski definition) is 4. The van der Waals surface area contributed by atoms with Crippen molar-refractivity contribution in [2.45, 2.75) is 65.2 Å². The molecule has 1 aromatic rings. The van der Waals surface area contributed by atoms with Gasteiger partial charge in [-0.15, -0.1) is 0 Å². The van der Waals surface area contributed by atoms with Gasteiger partial charge in [0.25, 0.3) is 0 Å². The number of nitrogens with zero attached hydrogens (tertiary/aromatic N) is 1. The fourth-order valence-corrected chi connectivity index (χ4v) is 3.59. The third kappa shape index (κ3) is 5.01. The van der Waals surface area contributed by atoms with Gasteiger partial charge >= 0.3 is 0 Å². The summed E-state index contributed by atoms with van der Waals surface area (Å²) in [6.45, 7) is 6.91. The lowest BCUT2D eigenvalue weighted by Crippen LogP contribution is -2.26. The van der Waals surface area contributed by atoms with Gasteiger partial charge in [0.05, 0.1) is 29.2 Å². The summed E-state index contributed by atoms with van der Waals surface area (Å²) in [5, 5.41) is 0.